The molecule has 0 atom stereocenters. The summed E-state index contributed by atoms with van der Waals surface area (Å²) in [5.41, 5.74) is 4.61. The van der Waals surface area contributed by atoms with Crippen LogP contribution in [-0.4, -0.2) is 21.1 Å². The number of aromatic nitrogens is 3. The normalized spacial score (nSPS) is 11.9. The number of rotatable bonds is 7. The molecule has 0 amide bonds. The minimum absolute atomic E-state index is 0.378. The van der Waals surface area contributed by atoms with Crippen LogP contribution in [0.25, 0.3) is 11.0 Å². The molecule has 28 heavy (non-hydrogen) atoms. The van der Waals surface area contributed by atoms with Crippen molar-refractivity contribution in [2.75, 3.05) is 6.61 Å². The van der Waals surface area contributed by atoms with Crippen LogP contribution in [0.5, 0.6) is 5.75 Å². The summed E-state index contributed by atoms with van der Waals surface area (Å²) in [5, 5.41) is 0. The molecule has 0 aliphatic rings. The summed E-state index contributed by atoms with van der Waals surface area (Å²) < 4.78 is 6.25. The Morgan fingerprint density at radius 1 is 1.07 bits per heavy atom. The fourth-order valence-corrected chi connectivity index (χ4v) is 3.52. The topological polar surface area (TPSA) is 39.9 Å². The van der Waals surface area contributed by atoms with E-state index in [1.54, 1.807) is 0 Å². The van der Waals surface area contributed by atoms with Gasteiger partial charge in [-0.2, -0.15) is 0 Å². The molecule has 2 heterocycles. The third-order valence-electron chi connectivity index (χ3n) is 4.61. The van der Waals surface area contributed by atoms with Gasteiger partial charge in [-0.15, -0.1) is 0 Å². The molecule has 0 saturated carbocycles. The molecule has 0 unspecified atom stereocenters. The second kappa shape index (κ2) is 8.89. The van der Waals surface area contributed by atoms with Crippen LogP contribution in [0.15, 0.2) is 30.3 Å². The number of ether oxygens (including phenoxy) is 1. The second-order valence-corrected chi connectivity index (χ2v) is 9.08. The lowest BCUT2D eigenvalue weighted by Gasteiger charge is -2.17. The molecular formula is C21H24Cl3N3O. The number of alkyl halides is 3. The maximum Gasteiger partial charge on any atom is 0.248 e. The zero-order chi connectivity index (χ0) is 20.3. The average molecular weight is 441 g/mol. The van der Waals surface area contributed by atoms with E-state index in [-0.39, 0.29) is 0 Å². The maximum atomic E-state index is 6.24. The highest BCUT2D eigenvalue weighted by Gasteiger charge is 2.31. The lowest BCUT2D eigenvalue weighted by molar-refractivity contribution is 0.304. The van der Waals surface area contributed by atoms with Crippen molar-refractivity contribution in [2.45, 2.75) is 50.4 Å². The summed E-state index contributed by atoms with van der Waals surface area (Å²) in [5.74, 6) is 1.13. The smallest absolute Gasteiger partial charge is 0.248 e. The quantitative estimate of drug-likeness (QED) is 0.317. The van der Waals surface area contributed by atoms with Gasteiger partial charge in [-0.05, 0) is 49.6 Å². The number of halogens is 3. The van der Waals surface area contributed by atoms with Crippen LogP contribution in [0.4, 0.5) is 0 Å². The molecule has 2 aromatic heterocycles. The number of fused-ring (bicyclic) bond motifs is 1. The molecule has 7 heteroatoms. The van der Waals surface area contributed by atoms with Gasteiger partial charge in [0.2, 0.25) is 3.79 Å². The van der Waals surface area contributed by atoms with E-state index in [9.17, 15) is 0 Å². The number of hydrogen-bond acceptors (Lipinski definition) is 3. The van der Waals surface area contributed by atoms with Gasteiger partial charge in [0.1, 0.15) is 11.4 Å². The van der Waals surface area contributed by atoms with Crippen LogP contribution in [0.1, 0.15) is 49.5 Å². The first-order chi connectivity index (χ1) is 13.3. The monoisotopic (exact) mass is 439 g/mol. The van der Waals surface area contributed by atoms with E-state index < -0.39 is 3.79 Å². The fourth-order valence-electron chi connectivity index (χ4n) is 3.08. The number of pyridine rings is 1. The predicted molar refractivity (Wildman–Crippen MR) is 117 cm³/mol. The summed E-state index contributed by atoms with van der Waals surface area (Å²) in [6.45, 7) is 7.26. The third kappa shape index (κ3) is 4.73. The third-order valence-corrected chi connectivity index (χ3v) is 5.12. The molecule has 0 spiro atoms. The summed E-state index contributed by atoms with van der Waals surface area (Å²) in [4.78, 5) is 9.28. The molecule has 1 aromatic carbocycles. The molecule has 0 radical (unpaired) electrons. The molecule has 0 N–H and O–H groups in total. The summed E-state index contributed by atoms with van der Waals surface area (Å²) in [6, 6.07) is 10.0. The zero-order valence-electron chi connectivity index (χ0n) is 16.3. The van der Waals surface area contributed by atoms with E-state index in [0.29, 0.717) is 19.0 Å². The van der Waals surface area contributed by atoms with Crippen molar-refractivity contribution in [3.05, 3.63) is 53.1 Å². The van der Waals surface area contributed by atoms with Crippen molar-refractivity contribution in [1.29, 1.82) is 0 Å². The molecule has 0 saturated heterocycles. The number of benzene rings is 1. The van der Waals surface area contributed by atoms with Gasteiger partial charge in [0.25, 0.3) is 0 Å². The van der Waals surface area contributed by atoms with Gasteiger partial charge < -0.3 is 9.30 Å². The molecule has 4 nitrogen and oxygen atoms in total. The summed E-state index contributed by atoms with van der Waals surface area (Å²) in [7, 11) is 0. The van der Waals surface area contributed by atoms with E-state index in [1.807, 2.05) is 35.8 Å². The predicted octanol–water partition coefficient (Wildman–Crippen LogP) is 6.36. The van der Waals surface area contributed by atoms with Gasteiger partial charge in [-0.25, -0.2) is 4.98 Å². The summed E-state index contributed by atoms with van der Waals surface area (Å²) >= 11 is 18.7. The van der Waals surface area contributed by atoms with Crippen molar-refractivity contribution in [3.8, 4) is 5.75 Å². The Morgan fingerprint density at radius 3 is 2.54 bits per heavy atom. The van der Waals surface area contributed by atoms with Crippen LogP contribution < -0.4 is 4.74 Å². The first-order valence-electron chi connectivity index (χ1n) is 9.49. The molecule has 0 bridgehead atoms. The molecule has 0 fully saturated rings. The molecular weight excluding hydrogens is 417 g/mol. The maximum absolute atomic E-state index is 6.24. The number of unbranched alkanes of at least 4 members (excludes halogenated alkanes) is 1. The van der Waals surface area contributed by atoms with Gasteiger partial charge in [-0.3, -0.25) is 4.98 Å². The number of imidazole rings is 1. The highest BCUT2D eigenvalue weighted by atomic mass is 35.6. The summed E-state index contributed by atoms with van der Waals surface area (Å²) in [6.07, 6.45) is 2.97. The second-order valence-electron chi connectivity index (χ2n) is 6.80. The van der Waals surface area contributed by atoms with Crippen molar-refractivity contribution in [1.82, 2.24) is 14.5 Å². The van der Waals surface area contributed by atoms with Gasteiger partial charge in [0.05, 0.1) is 24.2 Å². The minimum Gasteiger partial charge on any atom is -0.492 e. The minimum atomic E-state index is -1.64. The van der Waals surface area contributed by atoms with Crippen molar-refractivity contribution < 1.29 is 4.74 Å². The van der Waals surface area contributed by atoms with E-state index >= 15 is 0 Å². The number of aryl methyl sites for hydroxylation is 2. The lowest BCUT2D eigenvalue weighted by atomic mass is 10.1. The first-order valence-corrected chi connectivity index (χ1v) is 10.6. The van der Waals surface area contributed by atoms with Crippen molar-refractivity contribution in [2.24, 2.45) is 0 Å². The molecule has 0 aliphatic carbocycles. The van der Waals surface area contributed by atoms with E-state index in [1.165, 1.54) is 5.56 Å². The largest absolute Gasteiger partial charge is 0.492 e. The Bertz CT molecular complexity index is 963. The lowest BCUT2D eigenvalue weighted by Crippen LogP contribution is -2.15. The number of nitrogens with zero attached hydrogens (tertiary/aromatic N) is 3. The Morgan fingerprint density at radius 2 is 1.86 bits per heavy atom. The zero-order valence-corrected chi connectivity index (χ0v) is 18.6. The van der Waals surface area contributed by atoms with Crippen molar-refractivity contribution in [3.63, 3.8) is 0 Å². The Balaban J connectivity index is 2.09. The molecule has 150 valence electrons. The van der Waals surface area contributed by atoms with Crippen LogP contribution in [0, 0.1) is 6.92 Å². The highest BCUT2D eigenvalue weighted by Crippen LogP contribution is 2.39. The van der Waals surface area contributed by atoms with Crippen LogP contribution >= 0.6 is 34.8 Å². The van der Waals surface area contributed by atoms with Crippen LogP contribution in [0.2, 0.25) is 0 Å². The fraction of sp³-hybridized carbons (Fsp3) is 0.429. The van der Waals surface area contributed by atoms with Gasteiger partial charge >= 0.3 is 0 Å². The van der Waals surface area contributed by atoms with Crippen LogP contribution in [-0.2, 0) is 16.8 Å². The average Bonchev–Trinajstić information content (AvgIpc) is 3.01. The highest BCUT2D eigenvalue weighted by molar-refractivity contribution is 6.66. The van der Waals surface area contributed by atoms with Gasteiger partial charge in [-0.1, -0.05) is 61.1 Å². The Hall–Kier alpha value is -1.49. The van der Waals surface area contributed by atoms with Gasteiger partial charge in [0.15, 0.2) is 5.82 Å². The Kier molecular flexibility index (Phi) is 6.74. The molecule has 0 aliphatic heterocycles. The standard InChI is InChI=1S/C21H24Cl3N3O/c1-4-6-11-28-19-10-7-14(3)25-17(19)13-27-18-12-15(5-2)8-9-16(18)26-20(27)21(22,23)24/h7-10,12H,4-6,11,13H2,1-3H3. The number of hydrogen-bond donors (Lipinski definition) is 0. The molecule has 3 aromatic rings. The van der Waals surface area contributed by atoms with Gasteiger partial charge in [0, 0.05) is 5.69 Å². The van der Waals surface area contributed by atoms with E-state index in [2.05, 4.69) is 24.9 Å². The van der Waals surface area contributed by atoms with E-state index in [4.69, 9.17) is 44.5 Å². The van der Waals surface area contributed by atoms with E-state index in [0.717, 1.165) is 47.4 Å². The Labute approximate surface area is 180 Å². The first kappa shape index (κ1) is 21.2. The van der Waals surface area contributed by atoms with Crippen LogP contribution in [0.3, 0.4) is 0 Å². The van der Waals surface area contributed by atoms with Crippen molar-refractivity contribution >= 4 is 45.8 Å². The SMILES string of the molecule is CCCCOc1ccc(C)nc1Cn1c(C(Cl)(Cl)Cl)nc2ccc(CC)cc21. The molecule has 3 rings (SSSR count).